The van der Waals surface area contributed by atoms with Crippen LogP contribution in [0.3, 0.4) is 0 Å². The molecule has 4 rings (SSSR count). The van der Waals surface area contributed by atoms with Gasteiger partial charge in [-0.15, -0.1) is 0 Å². The molecule has 15 heteroatoms. The van der Waals surface area contributed by atoms with Gasteiger partial charge < -0.3 is 46.9 Å². The molecular weight excluding hydrogens is 612 g/mol. The number of nitrogens with zero attached hydrogens (tertiary/aromatic N) is 1. The van der Waals surface area contributed by atoms with E-state index in [1.165, 1.54) is 0 Å². The zero-order chi connectivity index (χ0) is 34.1. The second-order valence-electron chi connectivity index (χ2n) is 11.4. The molecule has 0 bridgehead atoms. The molecule has 1 aliphatic rings. The first kappa shape index (κ1) is 34.6. The summed E-state index contributed by atoms with van der Waals surface area (Å²) < 4.78 is 0. The van der Waals surface area contributed by atoms with E-state index in [-0.39, 0.29) is 25.8 Å². The first-order valence-corrected chi connectivity index (χ1v) is 15.1. The molecule has 0 aliphatic carbocycles. The molecule has 3 aromatic rings. The van der Waals surface area contributed by atoms with Gasteiger partial charge in [-0.2, -0.15) is 0 Å². The Kier molecular flexibility index (Phi) is 11.6. The van der Waals surface area contributed by atoms with Gasteiger partial charge in [-0.1, -0.05) is 48.5 Å². The number of fused-ring (bicyclic) bond motifs is 1. The number of H-pyrrole nitrogens is 1. The third-order valence-electron chi connectivity index (χ3n) is 7.99. The monoisotopic (exact) mass is 650 g/mol. The van der Waals surface area contributed by atoms with Crippen molar-refractivity contribution in [2.24, 2.45) is 5.73 Å². The van der Waals surface area contributed by atoms with Crippen molar-refractivity contribution in [1.82, 2.24) is 25.8 Å². The third kappa shape index (κ3) is 8.92. The number of nitrogens with two attached hydrogens (primary N) is 1. The Hall–Kier alpha value is -5.28. The maximum absolute atomic E-state index is 13.7. The topological polar surface area (TPSA) is 244 Å². The summed E-state index contributed by atoms with van der Waals surface area (Å²) >= 11 is 0. The van der Waals surface area contributed by atoms with Gasteiger partial charge >= 0.3 is 11.9 Å². The van der Waals surface area contributed by atoms with Crippen LogP contribution < -0.4 is 21.7 Å². The van der Waals surface area contributed by atoms with Gasteiger partial charge in [-0.25, -0.2) is 4.79 Å². The molecule has 9 N–H and O–H groups in total. The molecule has 0 radical (unpaired) electrons. The van der Waals surface area contributed by atoms with Gasteiger partial charge in [0.1, 0.15) is 30.2 Å². The summed E-state index contributed by atoms with van der Waals surface area (Å²) in [6.45, 7) is -0.625. The van der Waals surface area contributed by atoms with Gasteiger partial charge in [-0.3, -0.25) is 24.0 Å². The molecular formula is C32H38N6O9. The van der Waals surface area contributed by atoms with E-state index < -0.39 is 78.8 Å². The van der Waals surface area contributed by atoms with Crippen molar-refractivity contribution >= 4 is 46.5 Å². The summed E-state index contributed by atoms with van der Waals surface area (Å²) in [7, 11) is 0. The van der Waals surface area contributed by atoms with Crippen molar-refractivity contribution in [2.45, 2.75) is 62.3 Å². The fraction of sp³-hybridized carbons (Fsp3) is 0.375. The van der Waals surface area contributed by atoms with E-state index >= 15 is 0 Å². The molecule has 0 unspecified atom stereocenters. The van der Waals surface area contributed by atoms with Gasteiger partial charge in [0.15, 0.2) is 0 Å². The number of carbonyl (C=O) groups excluding carboxylic acids is 4. The number of aromatic amines is 1. The lowest BCUT2D eigenvalue weighted by molar-refractivity contribution is -0.147. The number of benzene rings is 2. The molecule has 2 heterocycles. The normalized spacial score (nSPS) is 16.9. The zero-order valence-electron chi connectivity index (χ0n) is 25.4. The number of carbonyl (C=O) groups is 6. The van der Waals surface area contributed by atoms with Crippen molar-refractivity contribution < 1.29 is 44.1 Å². The molecule has 1 aromatic heterocycles. The van der Waals surface area contributed by atoms with Crippen LogP contribution in [-0.2, 0) is 41.6 Å². The summed E-state index contributed by atoms with van der Waals surface area (Å²) in [4.78, 5) is 81.2. The predicted octanol–water partition coefficient (Wildman–Crippen LogP) is -0.723. The molecule has 4 amide bonds. The van der Waals surface area contributed by atoms with Crippen LogP contribution in [0.4, 0.5) is 0 Å². The Morgan fingerprint density at radius 3 is 2.23 bits per heavy atom. The summed E-state index contributed by atoms with van der Waals surface area (Å²) in [6.07, 6.45) is 1.33. The molecule has 5 atom stereocenters. The number of carboxylic acids is 2. The van der Waals surface area contributed by atoms with E-state index in [0.29, 0.717) is 17.5 Å². The number of aliphatic carboxylic acids is 2. The molecule has 15 nitrogen and oxygen atoms in total. The highest BCUT2D eigenvalue weighted by Gasteiger charge is 2.40. The first-order valence-electron chi connectivity index (χ1n) is 15.1. The van der Waals surface area contributed by atoms with Crippen molar-refractivity contribution in [3.05, 3.63) is 71.9 Å². The van der Waals surface area contributed by atoms with Crippen LogP contribution >= 0.6 is 0 Å². The number of hydrogen-bond donors (Lipinski definition) is 8. The number of amides is 4. The third-order valence-corrected chi connectivity index (χ3v) is 7.99. The van der Waals surface area contributed by atoms with Crippen molar-refractivity contribution in [3.8, 4) is 0 Å². The summed E-state index contributed by atoms with van der Waals surface area (Å²) in [5, 5.41) is 36.9. The second kappa shape index (κ2) is 15.8. The number of aliphatic hydroxyl groups excluding tert-OH is 1. The molecule has 2 aromatic carbocycles. The lowest BCUT2D eigenvalue weighted by Gasteiger charge is -2.30. The Morgan fingerprint density at radius 1 is 0.872 bits per heavy atom. The molecule has 0 saturated carbocycles. The zero-order valence-corrected chi connectivity index (χ0v) is 25.4. The summed E-state index contributed by atoms with van der Waals surface area (Å²) in [5.74, 6) is -5.97. The van der Waals surface area contributed by atoms with Gasteiger partial charge in [-0.05, 0) is 30.0 Å². The minimum atomic E-state index is -1.62. The smallest absolute Gasteiger partial charge is 0.326 e. The van der Waals surface area contributed by atoms with Gasteiger partial charge in [0.25, 0.3) is 0 Å². The number of hydrogen-bond acceptors (Lipinski definition) is 8. The maximum Gasteiger partial charge on any atom is 0.326 e. The van der Waals surface area contributed by atoms with Crippen LogP contribution in [0.15, 0.2) is 60.8 Å². The number of nitrogens with one attached hydrogen (secondary N) is 4. The van der Waals surface area contributed by atoms with E-state index in [0.717, 1.165) is 15.8 Å². The van der Waals surface area contributed by atoms with Gasteiger partial charge in [0.2, 0.25) is 23.6 Å². The summed E-state index contributed by atoms with van der Waals surface area (Å²) in [6, 6.07) is 9.25. The largest absolute Gasteiger partial charge is 0.481 e. The molecule has 0 spiro atoms. The van der Waals surface area contributed by atoms with Crippen LogP contribution in [0.25, 0.3) is 10.9 Å². The Bertz CT molecular complexity index is 1610. The standard InChI is InChI=1S/C32H38N6O9/c33-21(17-39)28(42)35-23(14-19-16-34-22-10-5-4-9-20(19)22)29(43)36-24(15-27(40)41)31(45)38-12-6-11-26(38)30(44)37-25(32(46)47)13-18-7-2-1-3-8-18/h1-5,7-10,16,21,23-26,34,39H,6,11-15,17,33H2,(H,35,42)(H,36,43)(H,37,44)(H,40,41)(H,46,47)/t21-,23-,24-,25-,26-/m0/s1. The van der Waals surface area contributed by atoms with E-state index in [1.807, 2.05) is 18.2 Å². The van der Waals surface area contributed by atoms with E-state index in [4.69, 9.17) is 5.73 Å². The second-order valence-corrected chi connectivity index (χ2v) is 11.4. The lowest BCUT2D eigenvalue weighted by Crippen LogP contribution is -2.59. The van der Waals surface area contributed by atoms with E-state index in [2.05, 4.69) is 20.9 Å². The molecule has 1 aliphatic heterocycles. The van der Waals surface area contributed by atoms with Crippen molar-refractivity contribution in [3.63, 3.8) is 0 Å². The first-order chi connectivity index (χ1) is 22.5. The Balaban J connectivity index is 1.52. The van der Waals surface area contributed by atoms with Crippen LogP contribution in [0.1, 0.15) is 30.4 Å². The van der Waals surface area contributed by atoms with Gasteiger partial charge in [0.05, 0.1) is 13.0 Å². The highest BCUT2D eigenvalue weighted by Crippen LogP contribution is 2.21. The SMILES string of the molecule is N[C@@H](CO)C(=O)N[C@@H](Cc1c[nH]c2ccccc12)C(=O)N[C@@H](CC(=O)O)C(=O)N1CCC[C@H]1C(=O)N[C@@H](Cc1ccccc1)C(=O)O. The highest BCUT2D eigenvalue weighted by atomic mass is 16.4. The van der Waals surface area contributed by atoms with Crippen LogP contribution in [0.5, 0.6) is 0 Å². The molecule has 47 heavy (non-hydrogen) atoms. The van der Waals surface area contributed by atoms with Crippen molar-refractivity contribution in [2.75, 3.05) is 13.2 Å². The molecule has 250 valence electrons. The quantitative estimate of drug-likeness (QED) is 0.103. The Morgan fingerprint density at radius 2 is 1.55 bits per heavy atom. The average Bonchev–Trinajstić information content (AvgIpc) is 3.71. The number of rotatable bonds is 15. The van der Waals surface area contributed by atoms with Crippen LogP contribution in [-0.4, -0.2) is 104 Å². The summed E-state index contributed by atoms with van der Waals surface area (Å²) in [5.41, 5.74) is 7.74. The highest BCUT2D eigenvalue weighted by molar-refractivity contribution is 5.97. The fourth-order valence-corrected chi connectivity index (χ4v) is 5.56. The minimum Gasteiger partial charge on any atom is -0.481 e. The van der Waals surface area contributed by atoms with Crippen LogP contribution in [0.2, 0.25) is 0 Å². The van der Waals surface area contributed by atoms with E-state index in [1.54, 1.807) is 42.6 Å². The number of aliphatic hydroxyl groups is 1. The maximum atomic E-state index is 13.7. The number of aromatic nitrogens is 1. The van der Waals surface area contributed by atoms with Gasteiger partial charge in [0, 0.05) is 36.5 Å². The predicted molar refractivity (Wildman–Crippen MR) is 168 cm³/mol. The Labute approximate surface area is 269 Å². The minimum absolute atomic E-state index is 0.00372. The fourth-order valence-electron chi connectivity index (χ4n) is 5.56. The van der Waals surface area contributed by atoms with Crippen molar-refractivity contribution in [1.29, 1.82) is 0 Å². The molecule has 1 fully saturated rings. The average molecular weight is 651 g/mol. The van der Waals surface area contributed by atoms with E-state index in [9.17, 15) is 44.1 Å². The van der Waals surface area contributed by atoms with Crippen LogP contribution in [0, 0.1) is 0 Å². The number of likely N-dealkylation sites (tertiary alicyclic amines) is 1. The molecule has 1 saturated heterocycles. The number of carboxylic acid groups (broad SMARTS) is 2. The lowest BCUT2D eigenvalue weighted by atomic mass is 10.0. The number of para-hydroxylation sites is 1.